The molecule has 1 N–H and O–H groups in total. The van der Waals surface area contributed by atoms with Gasteiger partial charge in [0.15, 0.2) is 8.68 Å². The first-order valence-electron chi connectivity index (χ1n) is 5.21. The molecular formula is C11H12BrN3S3. The van der Waals surface area contributed by atoms with E-state index in [0.29, 0.717) is 0 Å². The molecule has 0 amide bonds. The average molecular weight is 362 g/mol. The molecule has 1 heterocycles. The minimum atomic E-state index is 0.843. The molecule has 0 spiro atoms. The van der Waals surface area contributed by atoms with Crippen LogP contribution in [-0.4, -0.2) is 23.5 Å². The van der Waals surface area contributed by atoms with E-state index in [9.17, 15) is 0 Å². The van der Waals surface area contributed by atoms with Crippen LogP contribution in [0.5, 0.6) is 0 Å². The van der Waals surface area contributed by atoms with Crippen LogP contribution in [0.25, 0.3) is 0 Å². The van der Waals surface area contributed by atoms with Crippen LogP contribution in [0.4, 0.5) is 0 Å². The Hall–Kier alpha value is -0.0800. The van der Waals surface area contributed by atoms with Gasteiger partial charge in [-0.3, -0.25) is 0 Å². The van der Waals surface area contributed by atoms with Gasteiger partial charge in [0, 0.05) is 15.9 Å². The Kier molecular flexibility index (Phi) is 5.50. The third-order valence-electron chi connectivity index (χ3n) is 2.15. The molecule has 1 aromatic carbocycles. The van der Waals surface area contributed by atoms with E-state index in [1.54, 1.807) is 34.9 Å². The van der Waals surface area contributed by atoms with Crippen LogP contribution in [0.2, 0.25) is 0 Å². The summed E-state index contributed by atoms with van der Waals surface area (Å²) in [4.78, 5) is 1.22. The molecular weight excluding hydrogens is 350 g/mol. The second kappa shape index (κ2) is 6.91. The fraction of sp³-hybridized carbons (Fsp3) is 0.273. The van der Waals surface area contributed by atoms with Crippen molar-refractivity contribution in [2.75, 3.05) is 13.3 Å². The van der Waals surface area contributed by atoms with Crippen molar-refractivity contribution in [1.29, 1.82) is 0 Å². The Labute approximate surface area is 127 Å². The van der Waals surface area contributed by atoms with E-state index in [2.05, 4.69) is 49.6 Å². The number of nitrogens with one attached hydrogen (secondary N) is 1. The van der Waals surface area contributed by atoms with E-state index in [1.807, 2.05) is 13.3 Å². The van der Waals surface area contributed by atoms with Gasteiger partial charge >= 0.3 is 0 Å². The quantitative estimate of drug-likeness (QED) is 0.817. The summed E-state index contributed by atoms with van der Waals surface area (Å²) >= 11 is 8.43. The second-order valence-electron chi connectivity index (χ2n) is 3.42. The van der Waals surface area contributed by atoms with E-state index < -0.39 is 0 Å². The van der Waals surface area contributed by atoms with Crippen molar-refractivity contribution in [2.24, 2.45) is 0 Å². The molecule has 0 radical (unpaired) electrons. The lowest BCUT2D eigenvalue weighted by atomic mass is 10.2. The van der Waals surface area contributed by atoms with Gasteiger partial charge in [-0.15, -0.1) is 10.2 Å². The lowest BCUT2D eigenvalue weighted by Crippen LogP contribution is -2.06. The van der Waals surface area contributed by atoms with Crippen molar-refractivity contribution in [1.82, 2.24) is 15.5 Å². The van der Waals surface area contributed by atoms with Gasteiger partial charge < -0.3 is 5.32 Å². The highest BCUT2D eigenvalue weighted by Gasteiger charge is 2.09. The first-order chi connectivity index (χ1) is 8.72. The Morgan fingerprint density at radius 1 is 1.33 bits per heavy atom. The van der Waals surface area contributed by atoms with E-state index in [4.69, 9.17) is 0 Å². The number of hydrogen-bond donors (Lipinski definition) is 1. The normalized spacial score (nSPS) is 10.8. The van der Waals surface area contributed by atoms with Crippen molar-refractivity contribution in [3.63, 3.8) is 0 Å². The third-order valence-corrected chi connectivity index (χ3v) is 5.71. The number of nitrogens with zero attached hydrogens (tertiary/aromatic N) is 2. The average Bonchev–Trinajstić information content (AvgIpc) is 2.81. The fourth-order valence-electron chi connectivity index (χ4n) is 1.39. The van der Waals surface area contributed by atoms with Gasteiger partial charge in [0.05, 0.1) is 0 Å². The van der Waals surface area contributed by atoms with Crippen LogP contribution >= 0.6 is 50.8 Å². The van der Waals surface area contributed by atoms with Crippen LogP contribution in [0.3, 0.4) is 0 Å². The number of benzene rings is 1. The maximum absolute atomic E-state index is 4.18. The van der Waals surface area contributed by atoms with Crippen LogP contribution in [-0.2, 0) is 6.54 Å². The molecule has 2 rings (SSSR count). The zero-order chi connectivity index (χ0) is 13.0. The minimum Gasteiger partial charge on any atom is -0.316 e. The number of thioether (sulfide) groups is 1. The molecule has 1 aromatic heterocycles. The van der Waals surface area contributed by atoms with Crippen molar-refractivity contribution in [3.05, 3.63) is 28.2 Å². The molecule has 0 saturated heterocycles. The van der Waals surface area contributed by atoms with Gasteiger partial charge in [0.25, 0.3) is 0 Å². The smallest absolute Gasteiger partial charge is 0.179 e. The molecule has 18 heavy (non-hydrogen) atoms. The predicted molar refractivity (Wildman–Crippen MR) is 82.7 cm³/mol. The molecule has 3 nitrogen and oxygen atoms in total. The fourth-order valence-corrected chi connectivity index (χ4v) is 4.30. The zero-order valence-corrected chi connectivity index (χ0v) is 14.0. The van der Waals surface area contributed by atoms with Gasteiger partial charge in [-0.05, 0) is 37.1 Å². The van der Waals surface area contributed by atoms with Crippen molar-refractivity contribution >= 4 is 50.8 Å². The molecule has 0 aliphatic heterocycles. The number of halogens is 1. The van der Waals surface area contributed by atoms with Crippen molar-refractivity contribution in [2.45, 2.75) is 20.1 Å². The van der Waals surface area contributed by atoms with Crippen LogP contribution < -0.4 is 5.32 Å². The molecule has 0 aliphatic rings. The van der Waals surface area contributed by atoms with E-state index in [0.717, 1.165) is 19.7 Å². The molecule has 0 saturated carbocycles. The molecule has 7 heteroatoms. The summed E-state index contributed by atoms with van der Waals surface area (Å²) in [7, 11) is 1.95. The van der Waals surface area contributed by atoms with Gasteiger partial charge in [0.1, 0.15) is 0 Å². The molecule has 0 unspecified atom stereocenters. The molecule has 2 aromatic rings. The van der Waals surface area contributed by atoms with Crippen LogP contribution in [0.15, 0.2) is 36.2 Å². The monoisotopic (exact) mass is 361 g/mol. The van der Waals surface area contributed by atoms with E-state index in [-0.39, 0.29) is 0 Å². The summed E-state index contributed by atoms with van der Waals surface area (Å²) in [5, 5.41) is 11.5. The van der Waals surface area contributed by atoms with Crippen LogP contribution in [0, 0.1) is 0 Å². The predicted octanol–water partition coefficient (Wildman–Crippen LogP) is 3.89. The standard InChI is InChI=1S/C11H12BrN3S3/c1-13-6-7-5-8(12)3-4-9(7)17-11-15-14-10(16-2)18-11/h3-5,13H,6H2,1-2H3. The summed E-state index contributed by atoms with van der Waals surface area (Å²) in [6.45, 7) is 0.843. The third kappa shape index (κ3) is 3.71. The maximum atomic E-state index is 4.18. The summed E-state index contributed by atoms with van der Waals surface area (Å²) in [6.07, 6.45) is 2.01. The number of aromatic nitrogens is 2. The SMILES string of the molecule is CNCc1cc(Br)ccc1Sc1nnc(SC)s1. The molecule has 96 valence electrons. The molecule has 0 aliphatic carbocycles. The lowest BCUT2D eigenvalue weighted by Gasteiger charge is -2.07. The maximum Gasteiger partial charge on any atom is 0.179 e. The van der Waals surface area contributed by atoms with E-state index >= 15 is 0 Å². The molecule has 0 fully saturated rings. The van der Waals surface area contributed by atoms with Gasteiger partial charge in [-0.2, -0.15) is 0 Å². The summed E-state index contributed by atoms with van der Waals surface area (Å²) in [6, 6.07) is 6.30. The number of hydrogen-bond acceptors (Lipinski definition) is 6. The molecule has 0 bridgehead atoms. The van der Waals surface area contributed by atoms with Crippen molar-refractivity contribution in [3.8, 4) is 0 Å². The first-order valence-corrected chi connectivity index (χ1v) is 8.86. The Morgan fingerprint density at radius 3 is 2.78 bits per heavy atom. The lowest BCUT2D eigenvalue weighted by molar-refractivity contribution is 0.802. The Balaban J connectivity index is 2.22. The molecule has 0 atom stereocenters. The van der Waals surface area contributed by atoms with E-state index in [1.165, 1.54) is 10.5 Å². The Bertz CT molecular complexity index is 530. The van der Waals surface area contributed by atoms with Crippen molar-refractivity contribution < 1.29 is 0 Å². The highest BCUT2D eigenvalue weighted by molar-refractivity contribution is 9.10. The van der Waals surface area contributed by atoms with Gasteiger partial charge in [-0.1, -0.05) is 50.8 Å². The zero-order valence-electron chi connectivity index (χ0n) is 9.94. The summed E-state index contributed by atoms with van der Waals surface area (Å²) in [5.41, 5.74) is 1.26. The summed E-state index contributed by atoms with van der Waals surface area (Å²) < 4.78 is 3.09. The largest absolute Gasteiger partial charge is 0.316 e. The van der Waals surface area contributed by atoms with Crippen LogP contribution in [0.1, 0.15) is 5.56 Å². The van der Waals surface area contributed by atoms with Gasteiger partial charge in [-0.25, -0.2) is 0 Å². The highest BCUT2D eigenvalue weighted by Crippen LogP contribution is 2.35. The minimum absolute atomic E-state index is 0.843. The van der Waals surface area contributed by atoms with Gasteiger partial charge in [0.2, 0.25) is 0 Å². The first kappa shape index (κ1) is 14.3. The number of rotatable bonds is 5. The second-order valence-corrected chi connectivity index (χ2v) is 7.66. The highest BCUT2D eigenvalue weighted by atomic mass is 79.9. The summed E-state index contributed by atoms with van der Waals surface area (Å²) in [5.74, 6) is 0. The topological polar surface area (TPSA) is 37.8 Å². The Morgan fingerprint density at radius 2 is 2.11 bits per heavy atom.